The molecule has 1 aromatic heterocycles. The van der Waals surface area contributed by atoms with E-state index in [0.717, 1.165) is 5.56 Å². The number of rotatable bonds is 4. The monoisotopic (exact) mass is 328 g/mol. The van der Waals surface area contributed by atoms with Gasteiger partial charge in [0.2, 0.25) is 0 Å². The number of carbonyl (C=O) groups is 1. The number of nitrogens with one attached hydrogen (secondary N) is 2. The Bertz CT molecular complexity index is 619. The third kappa shape index (κ3) is 4.74. The van der Waals surface area contributed by atoms with Crippen LogP contribution in [0.1, 0.15) is 24.3 Å². The van der Waals surface area contributed by atoms with E-state index in [4.69, 9.17) is 17.3 Å². The number of amides is 1. The molecule has 114 valence electrons. The van der Waals surface area contributed by atoms with Gasteiger partial charge in [-0.1, -0.05) is 29.8 Å². The average molecular weight is 329 g/mol. The van der Waals surface area contributed by atoms with Gasteiger partial charge in [0, 0.05) is 17.6 Å². The zero-order valence-electron chi connectivity index (χ0n) is 11.8. The third-order valence-electron chi connectivity index (χ3n) is 2.68. The van der Waals surface area contributed by atoms with E-state index in [0.29, 0.717) is 23.0 Å². The molecular weight excluding hydrogens is 311 g/mol. The smallest absolute Gasteiger partial charge is 0.269 e. The molecule has 0 radical (unpaired) electrons. The van der Waals surface area contributed by atoms with Crippen molar-refractivity contribution in [2.75, 3.05) is 6.54 Å². The molecule has 4 N–H and O–H groups in total. The number of aromatic amines is 1. The maximum atomic E-state index is 12.0. The standard InChI is InChI=1S/C14H17ClN4O.ClH/c1-14(2,16)8-17-13(20)12-7-11(18-19-12)9-5-3-4-6-10(9)15;/h3-7H,8,16H2,1-2H3,(H,17,20)(H,18,19);1H. The van der Waals surface area contributed by atoms with E-state index in [-0.39, 0.29) is 18.3 Å². The SMILES string of the molecule is CC(C)(N)CNC(=O)c1cc(-c2ccccc2Cl)n[nH]1.Cl. The molecule has 21 heavy (non-hydrogen) atoms. The fourth-order valence-corrected chi connectivity index (χ4v) is 1.88. The van der Waals surface area contributed by atoms with Crippen LogP contribution >= 0.6 is 24.0 Å². The van der Waals surface area contributed by atoms with Crippen molar-refractivity contribution in [3.8, 4) is 11.3 Å². The first-order chi connectivity index (χ1) is 9.37. The molecule has 0 aliphatic carbocycles. The first-order valence-electron chi connectivity index (χ1n) is 6.24. The van der Waals surface area contributed by atoms with E-state index in [1.165, 1.54) is 0 Å². The first kappa shape index (κ1) is 17.5. The highest BCUT2D eigenvalue weighted by Crippen LogP contribution is 2.26. The summed E-state index contributed by atoms with van der Waals surface area (Å²) in [4.78, 5) is 12.0. The minimum absolute atomic E-state index is 0. The Labute approximate surface area is 134 Å². The number of H-pyrrole nitrogens is 1. The highest BCUT2D eigenvalue weighted by molar-refractivity contribution is 6.33. The van der Waals surface area contributed by atoms with E-state index < -0.39 is 5.54 Å². The van der Waals surface area contributed by atoms with Gasteiger partial charge in [-0.3, -0.25) is 9.89 Å². The zero-order chi connectivity index (χ0) is 14.8. The number of aromatic nitrogens is 2. The van der Waals surface area contributed by atoms with Gasteiger partial charge in [0.25, 0.3) is 5.91 Å². The second kappa shape index (κ2) is 6.93. The number of nitrogens with zero attached hydrogens (tertiary/aromatic N) is 1. The molecule has 1 aromatic carbocycles. The molecule has 0 fully saturated rings. The third-order valence-corrected chi connectivity index (χ3v) is 3.01. The molecule has 0 unspecified atom stereocenters. The summed E-state index contributed by atoms with van der Waals surface area (Å²) in [5.74, 6) is -0.241. The predicted molar refractivity (Wildman–Crippen MR) is 86.9 cm³/mol. The Morgan fingerprint density at radius 2 is 2.10 bits per heavy atom. The van der Waals surface area contributed by atoms with Crippen molar-refractivity contribution in [3.05, 3.63) is 41.0 Å². The Balaban J connectivity index is 0.00000220. The Morgan fingerprint density at radius 1 is 1.43 bits per heavy atom. The maximum Gasteiger partial charge on any atom is 0.269 e. The lowest BCUT2D eigenvalue weighted by Gasteiger charge is -2.18. The highest BCUT2D eigenvalue weighted by Gasteiger charge is 2.16. The fourth-order valence-electron chi connectivity index (χ4n) is 1.65. The van der Waals surface area contributed by atoms with Gasteiger partial charge in [0.15, 0.2) is 0 Å². The Hall–Kier alpha value is -1.56. The number of hydrogen-bond donors (Lipinski definition) is 3. The van der Waals surface area contributed by atoms with Gasteiger partial charge < -0.3 is 11.1 Å². The molecule has 0 aliphatic rings. The summed E-state index contributed by atoms with van der Waals surface area (Å²) in [7, 11) is 0. The van der Waals surface area contributed by atoms with E-state index in [2.05, 4.69) is 15.5 Å². The van der Waals surface area contributed by atoms with Gasteiger partial charge in [-0.15, -0.1) is 12.4 Å². The van der Waals surface area contributed by atoms with Crippen LogP contribution in [0.3, 0.4) is 0 Å². The fraction of sp³-hybridized carbons (Fsp3) is 0.286. The molecule has 0 atom stereocenters. The predicted octanol–water partition coefficient (Wildman–Crippen LogP) is 2.62. The highest BCUT2D eigenvalue weighted by atomic mass is 35.5. The van der Waals surface area contributed by atoms with Crippen LogP contribution in [0.15, 0.2) is 30.3 Å². The molecule has 0 spiro atoms. The molecule has 2 rings (SSSR count). The van der Waals surface area contributed by atoms with Crippen molar-refractivity contribution in [1.29, 1.82) is 0 Å². The van der Waals surface area contributed by atoms with Crippen molar-refractivity contribution in [2.45, 2.75) is 19.4 Å². The van der Waals surface area contributed by atoms with Crippen LogP contribution in [-0.4, -0.2) is 28.2 Å². The van der Waals surface area contributed by atoms with E-state index in [1.54, 1.807) is 12.1 Å². The Kier molecular flexibility index (Phi) is 5.78. The van der Waals surface area contributed by atoms with Gasteiger partial charge in [0.1, 0.15) is 5.69 Å². The van der Waals surface area contributed by atoms with Crippen LogP contribution in [0, 0.1) is 0 Å². The summed E-state index contributed by atoms with van der Waals surface area (Å²) in [6.07, 6.45) is 0. The molecule has 0 saturated carbocycles. The molecule has 0 bridgehead atoms. The quantitative estimate of drug-likeness (QED) is 0.806. The van der Waals surface area contributed by atoms with Crippen LogP contribution in [0.5, 0.6) is 0 Å². The zero-order valence-corrected chi connectivity index (χ0v) is 13.4. The lowest BCUT2D eigenvalue weighted by molar-refractivity contribution is 0.0941. The summed E-state index contributed by atoms with van der Waals surface area (Å²) in [5.41, 5.74) is 7.16. The number of carbonyl (C=O) groups excluding carboxylic acids is 1. The van der Waals surface area contributed by atoms with Gasteiger partial charge in [-0.2, -0.15) is 5.10 Å². The van der Waals surface area contributed by atoms with E-state index >= 15 is 0 Å². The molecule has 0 saturated heterocycles. The lowest BCUT2D eigenvalue weighted by atomic mass is 10.1. The minimum atomic E-state index is -0.457. The summed E-state index contributed by atoms with van der Waals surface area (Å²) >= 11 is 6.10. The Morgan fingerprint density at radius 3 is 2.71 bits per heavy atom. The van der Waals surface area contributed by atoms with E-state index in [9.17, 15) is 4.79 Å². The van der Waals surface area contributed by atoms with Crippen LogP contribution < -0.4 is 11.1 Å². The summed E-state index contributed by atoms with van der Waals surface area (Å²) in [6.45, 7) is 4.07. The minimum Gasteiger partial charge on any atom is -0.349 e. The number of benzene rings is 1. The average Bonchev–Trinajstić information content (AvgIpc) is 2.85. The van der Waals surface area contributed by atoms with Crippen molar-refractivity contribution >= 4 is 29.9 Å². The molecule has 5 nitrogen and oxygen atoms in total. The van der Waals surface area contributed by atoms with Crippen LogP contribution in [0.4, 0.5) is 0 Å². The molecule has 1 heterocycles. The molecule has 1 amide bonds. The molecule has 7 heteroatoms. The second-order valence-corrected chi connectivity index (χ2v) is 5.73. The summed E-state index contributed by atoms with van der Waals surface area (Å²) < 4.78 is 0. The summed E-state index contributed by atoms with van der Waals surface area (Å²) in [6, 6.07) is 9.01. The topological polar surface area (TPSA) is 83.8 Å². The van der Waals surface area contributed by atoms with Crippen molar-refractivity contribution in [1.82, 2.24) is 15.5 Å². The summed E-state index contributed by atoms with van der Waals surface area (Å²) in [5, 5.41) is 10.2. The second-order valence-electron chi connectivity index (χ2n) is 5.32. The van der Waals surface area contributed by atoms with Crippen molar-refractivity contribution in [2.24, 2.45) is 5.73 Å². The number of halogens is 2. The van der Waals surface area contributed by atoms with Crippen LogP contribution in [0.2, 0.25) is 5.02 Å². The van der Waals surface area contributed by atoms with Gasteiger partial charge in [-0.05, 0) is 26.0 Å². The van der Waals surface area contributed by atoms with Gasteiger partial charge in [-0.25, -0.2) is 0 Å². The molecular formula is C14H18Cl2N4O. The first-order valence-corrected chi connectivity index (χ1v) is 6.62. The van der Waals surface area contributed by atoms with Crippen molar-refractivity contribution < 1.29 is 4.79 Å². The van der Waals surface area contributed by atoms with E-state index in [1.807, 2.05) is 32.0 Å². The number of nitrogens with two attached hydrogens (primary N) is 1. The maximum absolute atomic E-state index is 12.0. The van der Waals surface area contributed by atoms with Crippen molar-refractivity contribution in [3.63, 3.8) is 0 Å². The number of hydrogen-bond acceptors (Lipinski definition) is 3. The van der Waals surface area contributed by atoms with Crippen LogP contribution in [-0.2, 0) is 0 Å². The van der Waals surface area contributed by atoms with Gasteiger partial charge >= 0.3 is 0 Å². The molecule has 0 aliphatic heterocycles. The normalized spacial score (nSPS) is 10.9. The lowest BCUT2D eigenvalue weighted by Crippen LogP contribution is -2.45. The van der Waals surface area contributed by atoms with Crippen LogP contribution in [0.25, 0.3) is 11.3 Å². The largest absolute Gasteiger partial charge is 0.349 e. The van der Waals surface area contributed by atoms with Gasteiger partial charge in [0.05, 0.1) is 10.7 Å². The molecule has 2 aromatic rings.